The largest absolute Gasteiger partial charge is 0.454 e. The van der Waals surface area contributed by atoms with Crippen LogP contribution in [0.4, 0.5) is 0 Å². The number of aromatic amines is 1. The van der Waals surface area contributed by atoms with Gasteiger partial charge >= 0.3 is 0 Å². The summed E-state index contributed by atoms with van der Waals surface area (Å²) in [5, 5.41) is 4.58. The Bertz CT molecular complexity index is 3480. The molecule has 4 aromatic heterocycles. The summed E-state index contributed by atoms with van der Waals surface area (Å²) in [6.07, 6.45) is 1.89. The molecule has 4 heterocycles. The van der Waals surface area contributed by atoms with Crippen LogP contribution in [-0.2, 0) is 10.8 Å². The van der Waals surface area contributed by atoms with E-state index < -0.39 is 0 Å². The fourth-order valence-electron chi connectivity index (χ4n) is 9.00. The van der Waals surface area contributed by atoms with Crippen molar-refractivity contribution >= 4 is 54.8 Å². The van der Waals surface area contributed by atoms with Crippen molar-refractivity contribution < 1.29 is 4.42 Å². The Morgan fingerprint density at radius 1 is 0.525 bits per heavy atom. The second-order valence-electron chi connectivity index (χ2n) is 18.4. The molecule has 0 aliphatic carbocycles. The van der Waals surface area contributed by atoms with Crippen molar-refractivity contribution in [3.8, 4) is 50.6 Å². The number of para-hydroxylation sites is 3. The number of furan rings is 1. The lowest BCUT2D eigenvalue weighted by Crippen LogP contribution is -2.11. The minimum atomic E-state index is -0.103. The summed E-state index contributed by atoms with van der Waals surface area (Å²) in [4.78, 5) is 14.6. The van der Waals surface area contributed by atoms with Crippen molar-refractivity contribution in [2.45, 2.75) is 52.4 Å². The van der Waals surface area contributed by atoms with Gasteiger partial charge in [-0.25, -0.2) is 4.98 Å². The van der Waals surface area contributed by atoms with Gasteiger partial charge in [0.15, 0.2) is 5.58 Å². The van der Waals surface area contributed by atoms with Gasteiger partial charge in [0.05, 0.1) is 16.6 Å². The van der Waals surface area contributed by atoms with Crippen molar-refractivity contribution in [3.63, 3.8) is 0 Å². The molecule has 0 spiro atoms. The summed E-state index contributed by atoms with van der Waals surface area (Å²) in [7, 11) is 0. The maximum Gasteiger partial charge on any atom is 0.161 e. The quantitative estimate of drug-likeness (QED) is 0.189. The molecule has 0 amide bonds. The Morgan fingerprint density at radius 3 is 2.02 bits per heavy atom. The zero-order valence-electron chi connectivity index (χ0n) is 35.3. The normalized spacial score (nSPS) is 12.4. The van der Waals surface area contributed by atoms with Crippen LogP contribution in [0.25, 0.3) is 105 Å². The fourth-order valence-corrected chi connectivity index (χ4v) is 9.00. The molecule has 0 radical (unpaired) electrons. The van der Waals surface area contributed by atoms with E-state index in [1.807, 2.05) is 24.4 Å². The lowest BCUT2D eigenvalue weighted by Gasteiger charge is -2.21. The van der Waals surface area contributed by atoms with Crippen LogP contribution in [0.1, 0.15) is 52.7 Å². The minimum absolute atomic E-state index is 0.0201. The number of aromatic nitrogens is 4. The molecule has 0 fully saturated rings. The molecule has 0 aliphatic rings. The molecule has 1 N–H and O–H groups in total. The average Bonchev–Trinajstić information content (AvgIpc) is 3.97. The number of benzene rings is 7. The smallest absolute Gasteiger partial charge is 0.161 e. The summed E-state index contributed by atoms with van der Waals surface area (Å²) in [6, 6.07) is 56.4. The Labute approximate surface area is 355 Å². The molecule has 7 aromatic carbocycles. The molecule has 0 aliphatic heterocycles. The lowest BCUT2D eigenvalue weighted by atomic mass is 9.84. The van der Waals surface area contributed by atoms with Crippen LogP contribution < -0.4 is 0 Å². The number of imidazole rings is 1. The van der Waals surface area contributed by atoms with E-state index in [0.29, 0.717) is 0 Å². The van der Waals surface area contributed by atoms with E-state index in [-0.39, 0.29) is 10.8 Å². The van der Waals surface area contributed by atoms with Crippen LogP contribution >= 0.6 is 0 Å². The van der Waals surface area contributed by atoms with E-state index >= 15 is 0 Å². The number of nitrogens with zero attached hydrogens (tertiary/aromatic N) is 3. The summed E-state index contributed by atoms with van der Waals surface area (Å²) < 4.78 is 8.89. The highest BCUT2D eigenvalue weighted by Gasteiger charge is 2.26. The molecule has 0 bridgehead atoms. The lowest BCUT2D eigenvalue weighted by molar-refractivity contribution is 0.590. The number of rotatable bonds is 5. The van der Waals surface area contributed by atoms with Crippen molar-refractivity contribution in [2.75, 3.05) is 0 Å². The Balaban J connectivity index is 1.20. The fraction of sp³-hybridized carbons (Fsp3) is 0.143. The molecule has 5 nitrogen and oxygen atoms in total. The van der Waals surface area contributed by atoms with Gasteiger partial charge in [-0.2, -0.15) is 0 Å². The zero-order valence-corrected chi connectivity index (χ0v) is 35.3. The first kappa shape index (κ1) is 36.8. The van der Waals surface area contributed by atoms with Crippen LogP contribution in [0, 0.1) is 0 Å². The average molecular weight is 791 g/mol. The third kappa shape index (κ3) is 6.14. The molecule has 11 aromatic rings. The van der Waals surface area contributed by atoms with E-state index in [9.17, 15) is 0 Å². The van der Waals surface area contributed by atoms with Gasteiger partial charge in [0.25, 0.3) is 0 Å². The van der Waals surface area contributed by atoms with Crippen molar-refractivity contribution in [1.82, 2.24) is 19.5 Å². The summed E-state index contributed by atoms with van der Waals surface area (Å²) in [5.41, 5.74) is 16.5. The highest BCUT2D eigenvalue weighted by molar-refractivity contribution is 6.13. The predicted molar refractivity (Wildman–Crippen MR) is 255 cm³/mol. The van der Waals surface area contributed by atoms with Gasteiger partial charge in [-0.05, 0) is 111 Å². The van der Waals surface area contributed by atoms with E-state index in [1.165, 1.54) is 21.9 Å². The van der Waals surface area contributed by atoms with Gasteiger partial charge in [0, 0.05) is 55.6 Å². The molecule has 0 atom stereocenters. The first-order chi connectivity index (χ1) is 29.5. The van der Waals surface area contributed by atoms with E-state index in [4.69, 9.17) is 14.4 Å². The zero-order chi connectivity index (χ0) is 41.6. The first-order valence-electron chi connectivity index (χ1n) is 21.1. The molecule has 0 saturated heterocycles. The molecule has 5 heteroatoms. The number of fused-ring (bicyclic) bond motifs is 7. The topological polar surface area (TPSA) is 59.6 Å². The van der Waals surface area contributed by atoms with Gasteiger partial charge in [0.1, 0.15) is 17.1 Å². The van der Waals surface area contributed by atoms with Gasteiger partial charge in [-0.3, -0.25) is 9.55 Å². The van der Waals surface area contributed by atoms with Crippen LogP contribution in [0.2, 0.25) is 0 Å². The second kappa shape index (κ2) is 13.7. The molecule has 11 rings (SSSR count). The van der Waals surface area contributed by atoms with Crippen molar-refractivity contribution in [1.29, 1.82) is 0 Å². The number of H-pyrrole nitrogens is 1. The number of hydrogen-bond donors (Lipinski definition) is 1. The van der Waals surface area contributed by atoms with Gasteiger partial charge < -0.3 is 9.40 Å². The monoisotopic (exact) mass is 790 g/mol. The summed E-state index contributed by atoms with van der Waals surface area (Å²) in [6.45, 7) is 13.7. The SMILES string of the molecule is CC(C)(C)c1ccc2[nH]c3c(-c4nc5c(-c6cc(-c7ccccc7)cc(-c7nccc8c7oc7ccccc78)c6)cccc5n4-c4ccccc4)cc(C(C)(C)C)cc3c2c1. The molecule has 296 valence electrons. The predicted octanol–water partition coefficient (Wildman–Crippen LogP) is 15.2. The summed E-state index contributed by atoms with van der Waals surface area (Å²) >= 11 is 0. The van der Waals surface area contributed by atoms with Crippen LogP contribution in [-0.4, -0.2) is 19.5 Å². The second-order valence-corrected chi connectivity index (χ2v) is 18.4. The molecule has 0 unspecified atom stereocenters. The Hall–Kier alpha value is -7.24. The van der Waals surface area contributed by atoms with Gasteiger partial charge in [0.2, 0.25) is 0 Å². The van der Waals surface area contributed by atoms with Crippen LogP contribution in [0.3, 0.4) is 0 Å². The highest BCUT2D eigenvalue weighted by atomic mass is 16.3. The molecular formula is C56H46N4O. The first-order valence-corrected chi connectivity index (χ1v) is 21.1. The highest BCUT2D eigenvalue weighted by Crippen LogP contribution is 2.44. The molecule has 0 saturated carbocycles. The van der Waals surface area contributed by atoms with Gasteiger partial charge in [-0.15, -0.1) is 0 Å². The third-order valence-corrected chi connectivity index (χ3v) is 12.3. The van der Waals surface area contributed by atoms with E-state index in [0.717, 1.165) is 94.6 Å². The van der Waals surface area contributed by atoms with Crippen LogP contribution in [0.5, 0.6) is 0 Å². The maximum atomic E-state index is 6.55. The summed E-state index contributed by atoms with van der Waals surface area (Å²) in [5.74, 6) is 0.889. The standard InChI is InChI=1S/C56H46N4O/c1-55(2,3)38-24-25-47-44(31-38)45-32-39(56(4,5)6)33-46(51(45)58-47)54-59-52-41(21-15-22-48(52)60(54)40-18-11-8-12-19-40)36-28-35(34-16-9-7-10-17-34)29-37(30-36)50-53-43(26-27-57-50)42-20-13-14-23-49(42)61-53/h7-33,58H,1-6H3. The van der Waals surface area contributed by atoms with Crippen molar-refractivity contribution in [3.05, 3.63) is 175 Å². The molecule has 61 heavy (non-hydrogen) atoms. The van der Waals surface area contributed by atoms with Crippen LogP contribution in [0.15, 0.2) is 168 Å². The Morgan fingerprint density at radius 2 is 1.23 bits per heavy atom. The minimum Gasteiger partial charge on any atom is -0.454 e. The Kier molecular flexibility index (Phi) is 8.24. The number of nitrogens with one attached hydrogen (secondary N) is 1. The third-order valence-electron chi connectivity index (χ3n) is 12.3. The number of pyridine rings is 1. The van der Waals surface area contributed by atoms with E-state index in [2.05, 4.69) is 191 Å². The van der Waals surface area contributed by atoms with Gasteiger partial charge in [-0.1, -0.05) is 126 Å². The number of hydrogen-bond acceptors (Lipinski definition) is 3. The maximum absolute atomic E-state index is 6.55. The van der Waals surface area contributed by atoms with Crippen molar-refractivity contribution in [2.24, 2.45) is 0 Å². The van der Waals surface area contributed by atoms with E-state index in [1.54, 1.807) is 0 Å². The molecular weight excluding hydrogens is 745 g/mol.